The first kappa shape index (κ1) is 15.3. The molecule has 0 atom stereocenters. The van der Waals surface area contributed by atoms with Crippen molar-refractivity contribution >= 4 is 21.9 Å². The molecule has 4 heteroatoms. The van der Waals surface area contributed by atoms with Crippen LogP contribution < -0.4 is 4.57 Å². The van der Waals surface area contributed by atoms with Gasteiger partial charge in [-0.05, 0) is 37.0 Å². The lowest BCUT2D eigenvalue weighted by Crippen LogP contribution is -2.31. The van der Waals surface area contributed by atoms with Crippen LogP contribution in [-0.2, 0) is 7.05 Å². The number of halogens is 2. The molecule has 0 amide bonds. The minimum Gasteiger partial charge on any atom is -0.454 e. The summed E-state index contributed by atoms with van der Waals surface area (Å²) in [7, 11) is 1.67. The standard InChI is InChI=1S/C26H20F2NO/c1-15-9-10-18-19-11-12-20(27)24(17-7-5-4-6-8-17)26(19)30-25(18)23(15)22-13-21(28)16(2)14-29(22)3/h4-14H,1-3H3/q+1/i2D3. The van der Waals surface area contributed by atoms with Crippen molar-refractivity contribution in [2.75, 3.05) is 0 Å². The predicted octanol–water partition coefficient (Wildman–Crippen LogP) is 6.64. The van der Waals surface area contributed by atoms with Crippen molar-refractivity contribution in [3.63, 3.8) is 0 Å². The second-order valence-corrected chi connectivity index (χ2v) is 7.43. The van der Waals surface area contributed by atoms with Crippen molar-refractivity contribution in [1.29, 1.82) is 0 Å². The summed E-state index contributed by atoms with van der Waals surface area (Å²) in [6.45, 7) is -0.695. The molecule has 2 nitrogen and oxygen atoms in total. The molecule has 5 rings (SSSR count). The number of hydrogen-bond acceptors (Lipinski definition) is 1. The Bertz CT molecular complexity index is 1540. The molecular formula is C26H20F2NO+. The molecule has 0 N–H and O–H groups in total. The highest BCUT2D eigenvalue weighted by Crippen LogP contribution is 2.41. The fourth-order valence-corrected chi connectivity index (χ4v) is 4.04. The van der Waals surface area contributed by atoms with Gasteiger partial charge in [0.1, 0.15) is 29.8 Å². The Morgan fingerprint density at radius 2 is 1.53 bits per heavy atom. The molecule has 148 valence electrons. The molecule has 0 spiro atoms. The van der Waals surface area contributed by atoms with Crippen molar-refractivity contribution in [3.05, 3.63) is 89.6 Å². The van der Waals surface area contributed by atoms with Crippen LogP contribution in [0.2, 0.25) is 0 Å². The third kappa shape index (κ3) is 2.71. The molecular weight excluding hydrogens is 380 g/mol. The normalized spacial score (nSPS) is 13.4. The topological polar surface area (TPSA) is 17.0 Å². The van der Waals surface area contributed by atoms with Gasteiger partial charge in [-0.1, -0.05) is 42.5 Å². The van der Waals surface area contributed by atoms with Gasteiger partial charge in [-0.2, -0.15) is 0 Å². The van der Waals surface area contributed by atoms with Gasteiger partial charge in [-0.15, -0.1) is 0 Å². The van der Waals surface area contributed by atoms with E-state index < -0.39 is 18.5 Å². The molecule has 0 bridgehead atoms. The molecule has 0 aliphatic heterocycles. The van der Waals surface area contributed by atoms with Gasteiger partial charge in [0, 0.05) is 26.5 Å². The van der Waals surface area contributed by atoms with E-state index >= 15 is 0 Å². The number of pyridine rings is 1. The van der Waals surface area contributed by atoms with Gasteiger partial charge in [0.2, 0.25) is 5.69 Å². The van der Waals surface area contributed by atoms with Crippen LogP contribution in [0, 0.1) is 25.4 Å². The third-order valence-electron chi connectivity index (χ3n) is 5.51. The molecule has 2 heterocycles. The van der Waals surface area contributed by atoms with E-state index in [1.165, 1.54) is 18.3 Å². The maximum Gasteiger partial charge on any atom is 0.219 e. The Morgan fingerprint density at radius 1 is 0.833 bits per heavy atom. The second-order valence-electron chi connectivity index (χ2n) is 7.43. The van der Waals surface area contributed by atoms with E-state index in [4.69, 9.17) is 8.53 Å². The monoisotopic (exact) mass is 403 g/mol. The molecule has 0 saturated carbocycles. The van der Waals surface area contributed by atoms with Crippen LogP contribution in [0.4, 0.5) is 8.78 Å². The van der Waals surface area contributed by atoms with E-state index in [1.54, 1.807) is 17.7 Å². The van der Waals surface area contributed by atoms with E-state index in [2.05, 4.69) is 0 Å². The molecule has 0 radical (unpaired) electrons. The first-order valence-electron chi connectivity index (χ1n) is 11.1. The average Bonchev–Trinajstić information content (AvgIpc) is 3.13. The fraction of sp³-hybridized carbons (Fsp3) is 0.115. The van der Waals surface area contributed by atoms with Crippen LogP contribution in [0.1, 0.15) is 15.2 Å². The fourth-order valence-electron chi connectivity index (χ4n) is 4.04. The smallest absolute Gasteiger partial charge is 0.219 e. The zero-order valence-corrected chi connectivity index (χ0v) is 16.5. The van der Waals surface area contributed by atoms with Crippen LogP contribution in [0.3, 0.4) is 0 Å². The highest BCUT2D eigenvalue weighted by Gasteiger charge is 2.24. The Morgan fingerprint density at radius 3 is 2.27 bits per heavy atom. The van der Waals surface area contributed by atoms with E-state index in [1.807, 2.05) is 49.4 Å². The van der Waals surface area contributed by atoms with E-state index in [9.17, 15) is 8.78 Å². The van der Waals surface area contributed by atoms with E-state index in [0.717, 1.165) is 16.3 Å². The van der Waals surface area contributed by atoms with Gasteiger partial charge < -0.3 is 4.42 Å². The van der Waals surface area contributed by atoms with Gasteiger partial charge in [0.05, 0.1) is 11.1 Å². The molecule has 0 saturated heterocycles. The van der Waals surface area contributed by atoms with E-state index in [0.29, 0.717) is 33.6 Å². The number of aromatic nitrogens is 1. The minimum atomic E-state index is -2.57. The van der Waals surface area contributed by atoms with Gasteiger partial charge in [0.15, 0.2) is 6.20 Å². The van der Waals surface area contributed by atoms with Crippen LogP contribution in [-0.4, -0.2) is 0 Å². The van der Waals surface area contributed by atoms with Crippen LogP contribution in [0.5, 0.6) is 0 Å². The highest BCUT2D eigenvalue weighted by atomic mass is 19.1. The number of hydrogen-bond donors (Lipinski definition) is 0. The summed E-state index contributed by atoms with van der Waals surface area (Å²) in [4.78, 5) is 0. The van der Waals surface area contributed by atoms with Crippen LogP contribution >= 0.6 is 0 Å². The molecule has 0 aliphatic rings. The zero-order chi connectivity index (χ0) is 23.5. The lowest BCUT2D eigenvalue weighted by molar-refractivity contribution is -0.661. The lowest BCUT2D eigenvalue weighted by Gasteiger charge is -2.06. The Hall–Kier alpha value is -3.53. The number of furan rings is 1. The Balaban J connectivity index is 1.85. The van der Waals surface area contributed by atoms with Gasteiger partial charge in [0.25, 0.3) is 0 Å². The Labute approximate surface area is 177 Å². The molecule has 30 heavy (non-hydrogen) atoms. The van der Waals surface area contributed by atoms with Crippen molar-refractivity contribution in [3.8, 4) is 22.4 Å². The summed E-state index contributed by atoms with van der Waals surface area (Å²) >= 11 is 0. The summed E-state index contributed by atoms with van der Waals surface area (Å²) in [5, 5.41) is 1.51. The van der Waals surface area contributed by atoms with Crippen molar-refractivity contribution in [2.45, 2.75) is 13.8 Å². The first-order valence-corrected chi connectivity index (χ1v) is 9.56. The quantitative estimate of drug-likeness (QED) is 0.302. The maximum atomic E-state index is 14.9. The molecule has 0 unspecified atom stereocenters. The van der Waals surface area contributed by atoms with E-state index in [-0.39, 0.29) is 5.56 Å². The van der Waals surface area contributed by atoms with Crippen LogP contribution in [0.25, 0.3) is 44.3 Å². The SMILES string of the molecule is [2H]C([2H])([2H])c1c[n+](C)c(-c2c(C)ccc3c2oc2c(-c4ccccc4)c(F)ccc23)cc1F. The first-order chi connectivity index (χ1) is 15.7. The third-order valence-corrected chi connectivity index (χ3v) is 5.51. The number of benzene rings is 3. The van der Waals surface area contributed by atoms with Crippen molar-refractivity contribution in [2.24, 2.45) is 7.05 Å². The molecule has 3 aromatic carbocycles. The van der Waals surface area contributed by atoms with Crippen molar-refractivity contribution in [1.82, 2.24) is 0 Å². The number of nitrogens with zero attached hydrogens (tertiary/aromatic N) is 1. The predicted molar refractivity (Wildman–Crippen MR) is 115 cm³/mol. The summed E-state index contributed by atoms with van der Waals surface area (Å²) in [6.07, 6.45) is 1.29. The van der Waals surface area contributed by atoms with Gasteiger partial charge in [-0.3, -0.25) is 0 Å². The second kappa shape index (κ2) is 6.77. The summed E-state index contributed by atoms with van der Waals surface area (Å²) in [5.41, 5.74) is 3.51. The molecule has 0 aliphatic carbocycles. The van der Waals surface area contributed by atoms with Crippen molar-refractivity contribution < 1.29 is 21.9 Å². The molecule has 0 fully saturated rings. The largest absolute Gasteiger partial charge is 0.454 e. The number of fused-ring (bicyclic) bond motifs is 3. The van der Waals surface area contributed by atoms with Crippen LogP contribution in [0.15, 0.2) is 71.3 Å². The Kier molecular flexibility index (Phi) is 3.46. The molecule has 2 aromatic heterocycles. The minimum absolute atomic E-state index is 0.350. The lowest BCUT2D eigenvalue weighted by atomic mass is 9.98. The number of rotatable bonds is 2. The highest BCUT2D eigenvalue weighted by molar-refractivity contribution is 6.13. The zero-order valence-electron chi connectivity index (χ0n) is 19.5. The summed E-state index contributed by atoms with van der Waals surface area (Å²) < 4.78 is 60.4. The number of aryl methyl sites for hydroxylation is 3. The summed E-state index contributed by atoms with van der Waals surface area (Å²) in [5.74, 6) is -1.21. The van der Waals surface area contributed by atoms with Gasteiger partial charge >= 0.3 is 0 Å². The van der Waals surface area contributed by atoms with Gasteiger partial charge in [-0.25, -0.2) is 13.3 Å². The maximum absolute atomic E-state index is 14.9. The molecule has 5 aromatic rings. The average molecular weight is 403 g/mol. The summed E-state index contributed by atoms with van der Waals surface area (Å²) in [6, 6.07) is 17.3.